The number of hydrogen-bond acceptors (Lipinski definition) is 6. The Morgan fingerprint density at radius 3 is 1.19 bits per heavy atom. The molecule has 0 amide bonds. The van der Waals surface area contributed by atoms with E-state index >= 15 is 0 Å². The molecule has 37 heavy (non-hydrogen) atoms. The third kappa shape index (κ3) is 7.32. The zero-order valence-electron chi connectivity index (χ0n) is 21.6. The maximum atomic E-state index is 11.3. The van der Waals surface area contributed by atoms with Crippen LogP contribution in [0.4, 0.5) is 0 Å². The molecule has 0 N–H and O–H groups in total. The van der Waals surface area contributed by atoms with Crippen molar-refractivity contribution in [3.63, 3.8) is 0 Å². The second-order valence-electron chi connectivity index (χ2n) is 8.54. The molecule has 4 aromatic carbocycles. The largest absolute Gasteiger partial charge is 2.00 e. The van der Waals surface area contributed by atoms with Crippen molar-refractivity contribution in [1.82, 2.24) is 0 Å². The van der Waals surface area contributed by atoms with Crippen LogP contribution in [-0.4, -0.2) is 63.7 Å². The van der Waals surface area contributed by atoms with E-state index < -0.39 is 20.2 Å². The van der Waals surface area contributed by atoms with Crippen LogP contribution in [0.3, 0.4) is 0 Å². The van der Waals surface area contributed by atoms with Gasteiger partial charge < -0.3 is 9.11 Å². The SMILES string of the molecule is CCc1cc(CC)c2c(S(=O)(=O)[O-])cccc2c1.CCc1cc(CC)c2c(S(=O)(=O)[O-])cccc2c1.[Ca+2]. The molecule has 0 saturated carbocycles. The summed E-state index contributed by atoms with van der Waals surface area (Å²) in [6.45, 7) is 8.02. The quantitative estimate of drug-likeness (QED) is 0.229. The van der Waals surface area contributed by atoms with Crippen molar-refractivity contribution < 1.29 is 25.9 Å². The topological polar surface area (TPSA) is 114 Å². The molecule has 0 unspecified atom stereocenters. The van der Waals surface area contributed by atoms with Gasteiger partial charge in [-0.05, 0) is 70.8 Å². The summed E-state index contributed by atoms with van der Waals surface area (Å²) in [6, 6.07) is 17.6. The molecule has 0 heterocycles. The normalized spacial score (nSPS) is 11.6. The molecule has 0 aromatic heterocycles. The molecule has 9 heteroatoms. The first-order valence-corrected chi connectivity index (χ1v) is 14.8. The number of hydrogen-bond donors (Lipinski definition) is 0. The van der Waals surface area contributed by atoms with Crippen molar-refractivity contribution in [2.24, 2.45) is 0 Å². The van der Waals surface area contributed by atoms with E-state index in [-0.39, 0.29) is 47.5 Å². The third-order valence-electron chi connectivity index (χ3n) is 6.28. The van der Waals surface area contributed by atoms with Crippen molar-refractivity contribution in [1.29, 1.82) is 0 Å². The van der Waals surface area contributed by atoms with Crippen molar-refractivity contribution in [3.8, 4) is 0 Å². The van der Waals surface area contributed by atoms with Crippen molar-refractivity contribution in [3.05, 3.63) is 82.9 Å². The minimum Gasteiger partial charge on any atom is -0.744 e. The summed E-state index contributed by atoms with van der Waals surface area (Å²) in [5.41, 5.74) is 4.14. The van der Waals surface area contributed by atoms with Gasteiger partial charge in [0.1, 0.15) is 20.2 Å². The molecular formula is C28H30CaO6S2. The molecule has 0 spiro atoms. The van der Waals surface area contributed by atoms with E-state index in [0.29, 0.717) is 23.6 Å². The molecule has 0 saturated heterocycles. The van der Waals surface area contributed by atoms with E-state index in [4.69, 9.17) is 0 Å². The van der Waals surface area contributed by atoms with Crippen LogP contribution in [0.15, 0.2) is 70.5 Å². The third-order valence-corrected chi connectivity index (χ3v) is 8.03. The first-order chi connectivity index (χ1) is 16.9. The zero-order valence-corrected chi connectivity index (χ0v) is 25.4. The number of aryl methyl sites for hydroxylation is 4. The van der Waals surface area contributed by atoms with Gasteiger partial charge in [0.25, 0.3) is 0 Å². The predicted molar refractivity (Wildman–Crippen MR) is 147 cm³/mol. The second kappa shape index (κ2) is 13.0. The number of rotatable bonds is 6. The van der Waals surface area contributed by atoms with Gasteiger partial charge in [-0.3, -0.25) is 0 Å². The summed E-state index contributed by atoms with van der Waals surface area (Å²) in [4.78, 5) is -0.223. The minimum absolute atomic E-state index is 0. The predicted octanol–water partition coefficient (Wildman–Crippen LogP) is 5.36. The Morgan fingerprint density at radius 1 is 0.568 bits per heavy atom. The van der Waals surface area contributed by atoms with Gasteiger partial charge in [-0.1, -0.05) is 76.2 Å². The summed E-state index contributed by atoms with van der Waals surface area (Å²) in [7, 11) is -8.86. The molecule has 0 aliphatic rings. The van der Waals surface area contributed by atoms with Crippen LogP contribution in [0.2, 0.25) is 0 Å². The first kappa shape index (κ1) is 31.7. The number of benzene rings is 4. The van der Waals surface area contributed by atoms with Crippen LogP contribution < -0.4 is 0 Å². The molecular weight excluding hydrogens is 537 g/mol. The average Bonchev–Trinajstić information content (AvgIpc) is 2.85. The Balaban J connectivity index is 0.000000253. The van der Waals surface area contributed by atoms with Crippen LogP contribution in [0, 0.1) is 0 Å². The fraction of sp³-hybridized carbons (Fsp3) is 0.286. The van der Waals surface area contributed by atoms with Gasteiger partial charge >= 0.3 is 37.7 Å². The van der Waals surface area contributed by atoms with Gasteiger partial charge in [0, 0.05) is 10.8 Å². The fourth-order valence-corrected chi connectivity index (χ4v) is 5.97. The molecule has 0 bridgehead atoms. The summed E-state index contributed by atoms with van der Waals surface area (Å²) < 4.78 is 67.9. The Morgan fingerprint density at radius 2 is 0.919 bits per heavy atom. The Hall–Kier alpha value is -1.52. The van der Waals surface area contributed by atoms with Crippen LogP contribution in [0.25, 0.3) is 21.5 Å². The summed E-state index contributed by atoms with van der Waals surface area (Å²) >= 11 is 0. The van der Waals surface area contributed by atoms with Gasteiger partial charge in [-0.25, -0.2) is 16.8 Å². The summed E-state index contributed by atoms with van der Waals surface area (Å²) in [5.74, 6) is 0. The van der Waals surface area contributed by atoms with Crippen LogP contribution >= 0.6 is 0 Å². The van der Waals surface area contributed by atoms with E-state index in [1.54, 1.807) is 12.1 Å². The van der Waals surface area contributed by atoms with Gasteiger partial charge in [-0.2, -0.15) is 0 Å². The molecule has 0 aliphatic heterocycles. The van der Waals surface area contributed by atoms with Gasteiger partial charge in [0.2, 0.25) is 0 Å². The van der Waals surface area contributed by atoms with Gasteiger partial charge in [0.15, 0.2) is 0 Å². The Labute approximate surface area is 249 Å². The summed E-state index contributed by atoms with van der Waals surface area (Å²) in [5, 5.41) is 2.80. The molecule has 0 fully saturated rings. The van der Waals surface area contributed by atoms with E-state index in [0.717, 1.165) is 45.9 Å². The Kier molecular flexibility index (Phi) is 11.2. The van der Waals surface area contributed by atoms with Crippen molar-refractivity contribution in [2.45, 2.75) is 63.2 Å². The fourth-order valence-electron chi connectivity index (χ4n) is 4.48. The minimum atomic E-state index is -4.43. The summed E-state index contributed by atoms with van der Waals surface area (Å²) in [6.07, 6.45) is 3.18. The maximum Gasteiger partial charge on any atom is 2.00 e. The van der Waals surface area contributed by atoms with Gasteiger partial charge in [-0.15, -0.1) is 0 Å². The van der Waals surface area contributed by atoms with E-state index in [1.165, 1.54) is 12.1 Å². The van der Waals surface area contributed by atoms with Gasteiger partial charge in [0.05, 0.1) is 9.79 Å². The second-order valence-corrected chi connectivity index (χ2v) is 11.2. The van der Waals surface area contributed by atoms with Crippen LogP contribution in [0.1, 0.15) is 49.9 Å². The average molecular weight is 567 g/mol. The van der Waals surface area contributed by atoms with E-state index in [2.05, 4.69) is 13.8 Å². The Bertz CT molecular complexity index is 1500. The van der Waals surface area contributed by atoms with E-state index in [1.807, 2.05) is 50.2 Å². The molecule has 6 nitrogen and oxygen atoms in total. The van der Waals surface area contributed by atoms with E-state index in [9.17, 15) is 25.9 Å². The number of fused-ring (bicyclic) bond motifs is 2. The van der Waals surface area contributed by atoms with Crippen LogP contribution in [-0.2, 0) is 45.9 Å². The first-order valence-electron chi connectivity index (χ1n) is 11.9. The standard InChI is InChI=1S/2C14H16O3S.Ca/c2*1-3-10-8-11(4-2)14-12(9-10)6-5-7-13(14)18(15,16)17;/h2*5-9H,3-4H2,1-2H3,(H,15,16,17);/q;;+2/p-2. The molecule has 0 aliphatic carbocycles. The van der Waals surface area contributed by atoms with Crippen LogP contribution in [0.5, 0.6) is 0 Å². The smallest absolute Gasteiger partial charge is 0.744 e. The maximum absolute atomic E-state index is 11.3. The molecule has 192 valence electrons. The molecule has 0 atom stereocenters. The monoisotopic (exact) mass is 566 g/mol. The van der Waals surface area contributed by atoms with Crippen molar-refractivity contribution >= 4 is 79.5 Å². The zero-order chi connectivity index (χ0) is 26.7. The molecule has 4 aromatic rings. The molecule has 0 radical (unpaired) electrons. The van der Waals surface area contributed by atoms with Crippen molar-refractivity contribution in [2.75, 3.05) is 0 Å². The molecule has 4 rings (SSSR count).